The molecule has 0 spiro atoms. The van der Waals surface area contributed by atoms with Crippen molar-refractivity contribution < 1.29 is 34.0 Å². The van der Waals surface area contributed by atoms with Gasteiger partial charge in [0.05, 0.1) is 12.7 Å². The molecule has 1 aliphatic rings. The average molecular weight is 562 g/mol. The third kappa shape index (κ3) is 6.96. The smallest absolute Gasteiger partial charge is 0.453 e. The van der Waals surface area contributed by atoms with Gasteiger partial charge in [-0.2, -0.15) is 0 Å². The summed E-state index contributed by atoms with van der Waals surface area (Å²) in [6.07, 6.45) is 0.263. The monoisotopic (exact) mass is 561 g/mol. The fourth-order valence-electron chi connectivity index (χ4n) is 4.00. The minimum absolute atomic E-state index is 0. The zero-order chi connectivity index (χ0) is 26.4. The quantitative estimate of drug-likeness (QED) is 0.234. The van der Waals surface area contributed by atoms with E-state index in [-0.39, 0.29) is 36.6 Å². The zero-order valence-corrected chi connectivity index (χ0v) is 22.2. The summed E-state index contributed by atoms with van der Waals surface area (Å²) in [5.41, 5.74) is 2.50. The Morgan fingerprint density at radius 3 is 2.45 bits per heavy atom. The van der Waals surface area contributed by atoms with E-state index in [1.54, 1.807) is 36.4 Å². The van der Waals surface area contributed by atoms with Gasteiger partial charge in [-0.15, -0.1) is 12.4 Å². The van der Waals surface area contributed by atoms with Crippen LogP contribution in [0.2, 0.25) is 5.02 Å². The highest BCUT2D eigenvalue weighted by atomic mass is 35.5. The van der Waals surface area contributed by atoms with Crippen LogP contribution in [-0.4, -0.2) is 47.1 Å². The highest BCUT2D eigenvalue weighted by molar-refractivity contribution is 6.30. The highest BCUT2D eigenvalue weighted by Crippen LogP contribution is 2.41. The van der Waals surface area contributed by atoms with Crippen LogP contribution < -0.4 is 14.8 Å². The maximum Gasteiger partial charge on any atom is 0.453 e. The van der Waals surface area contributed by atoms with Crippen LogP contribution in [0.15, 0.2) is 72.8 Å². The number of rotatable bonds is 11. The zero-order valence-electron chi connectivity index (χ0n) is 20.6. The van der Waals surface area contributed by atoms with Crippen molar-refractivity contribution in [3.63, 3.8) is 0 Å². The van der Waals surface area contributed by atoms with Gasteiger partial charge in [0.1, 0.15) is 0 Å². The van der Waals surface area contributed by atoms with Gasteiger partial charge < -0.3 is 29.7 Å². The van der Waals surface area contributed by atoms with Gasteiger partial charge in [0, 0.05) is 24.0 Å². The predicted molar refractivity (Wildman–Crippen MR) is 144 cm³/mol. The first-order valence-corrected chi connectivity index (χ1v) is 12.3. The Bertz CT molecular complexity index is 1260. The molecule has 3 atom stereocenters. The van der Waals surface area contributed by atoms with Crippen LogP contribution in [-0.2, 0) is 27.2 Å². The van der Waals surface area contributed by atoms with E-state index in [0.717, 1.165) is 16.7 Å². The topological polar surface area (TPSA) is 114 Å². The van der Waals surface area contributed by atoms with E-state index in [4.69, 9.17) is 25.8 Å². The first-order valence-electron chi connectivity index (χ1n) is 11.9. The summed E-state index contributed by atoms with van der Waals surface area (Å²) in [5.74, 6) is -5.03. The number of benzene rings is 3. The number of esters is 1. The molecule has 0 amide bonds. The van der Waals surface area contributed by atoms with Gasteiger partial charge in [0.25, 0.3) is 0 Å². The molecule has 3 unspecified atom stereocenters. The minimum atomic E-state index is -2.59. The molecule has 1 heterocycles. The summed E-state index contributed by atoms with van der Waals surface area (Å²) in [6, 6.07) is 21.4. The molecule has 38 heavy (non-hydrogen) atoms. The summed E-state index contributed by atoms with van der Waals surface area (Å²) in [7, 11) is 0. The van der Waals surface area contributed by atoms with Crippen molar-refractivity contribution in [2.75, 3.05) is 13.2 Å². The van der Waals surface area contributed by atoms with E-state index in [2.05, 4.69) is 5.32 Å². The number of aliphatic hydroxyl groups is 1. The number of aliphatic hydroxyl groups excluding tert-OH is 1. The van der Waals surface area contributed by atoms with Gasteiger partial charge in [-0.3, -0.25) is 0 Å². The molecule has 0 fully saturated rings. The summed E-state index contributed by atoms with van der Waals surface area (Å²) >= 11 is 6.00. The molecule has 0 saturated heterocycles. The normalized spacial score (nSPS) is 17.2. The number of halogens is 2. The van der Waals surface area contributed by atoms with Gasteiger partial charge in [0.2, 0.25) is 0 Å². The van der Waals surface area contributed by atoms with Crippen molar-refractivity contribution in [1.82, 2.24) is 5.32 Å². The molecule has 8 nitrogen and oxygen atoms in total. The number of aliphatic carboxylic acids is 1. The Kier molecular flexibility index (Phi) is 9.99. The number of hydrogen-bond donors (Lipinski definition) is 3. The number of nitrogens with one attached hydrogen (secondary N) is 1. The molecule has 3 aromatic rings. The number of carbonyl (C=O) groups is 2. The Morgan fingerprint density at radius 1 is 1.00 bits per heavy atom. The van der Waals surface area contributed by atoms with Crippen LogP contribution in [0.1, 0.15) is 29.7 Å². The molecular weight excluding hydrogens is 533 g/mol. The summed E-state index contributed by atoms with van der Waals surface area (Å²) < 4.78 is 16.2. The van der Waals surface area contributed by atoms with Crippen LogP contribution in [0.3, 0.4) is 0 Å². The van der Waals surface area contributed by atoms with E-state index in [1.807, 2.05) is 43.3 Å². The SMILES string of the molecule is CC(Cc1ccc2c(c1)OC(C(=O)O)(C(=O)OCCc1ccccc1)O2)NCC(O)c1cccc(Cl)c1.Cl. The first-order chi connectivity index (χ1) is 17.8. The van der Waals surface area contributed by atoms with Crippen molar-refractivity contribution in [3.05, 3.63) is 94.5 Å². The van der Waals surface area contributed by atoms with Crippen LogP contribution in [0.4, 0.5) is 0 Å². The van der Waals surface area contributed by atoms with Crippen LogP contribution in [0, 0.1) is 0 Å². The van der Waals surface area contributed by atoms with Crippen molar-refractivity contribution in [3.8, 4) is 11.5 Å². The second-order valence-electron chi connectivity index (χ2n) is 8.86. The van der Waals surface area contributed by atoms with Crippen LogP contribution in [0.5, 0.6) is 11.5 Å². The second-order valence-corrected chi connectivity index (χ2v) is 9.30. The largest absolute Gasteiger partial charge is 0.475 e. The maximum absolute atomic E-state index is 12.7. The lowest BCUT2D eigenvalue weighted by Crippen LogP contribution is -2.55. The third-order valence-electron chi connectivity index (χ3n) is 5.97. The molecule has 0 aliphatic carbocycles. The molecule has 0 radical (unpaired) electrons. The van der Waals surface area contributed by atoms with Crippen molar-refractivity contribution in [1.29, 1.82) is 0 Å². The molecule has 0 aromatic heterocycles. The van der Waals surface area contributed by atoms with Crippen molar-refractivity contribution in [2.24, 2.45) is 0 Å². The molecule has 0 bridgehead atoms. The summed E-state index contributed by atoms with van der Waals surface area (Å²) in [6.45, 7) is 2.26. The van der Waals surface area contributed by atoms with E-state index < -0.39 is 23.8 Å². The Labute approximate surface area is 231 Å². The molecule has 10 heteroatoms. The van der Waals surface area contributed by atoms with Gasteiger partial charge >= 0.3 is 17.7 Å². The molecule has 3 aromatic carbocycles. The first kappa shape index (κ1) is 29.3. The van der Waals surface area contributed by atoms with Gasteiger partial charge in [0.15, 0.2) is 11.5 Å². The Hall–Kier alpha value is -3.30. The molecule has 4 rings (SSSR count). The fraction of sp³-hybridized carbons (Fsp3) is 0.286. The molecule has 0 saturated carbocycles. The van der Waals surface area contributed by atoms with Crippen LogP contribution >= 0.6 is 24.0 Å². The number of carbonyl (C=O) groups excluding carboxylic acids is 1. The number of fused-ring (bicyclic) bond motifs is 1. The molecular formula is C28H29Cl2NO7. The average Bonchev–Trinajstić information content (AvgIpc) is 3.28. The number of carboxylic acid groups (broad SMARTS) is 1. The standard InChI is InChI=1S/C28H28ClNO7.ClH/c1-18(30-17-23(31)21-8-5-9-22(29)16-21)14-20-10-11-24-25(15-20)37-28(36-24,26(32)33)27(34)35-13-12-19-6-3-2-4-7-19;/h2-11,15-16,18,23,30-31H,12-14,17H2,1H3,(H,32,33);1H. The molecule has 202 valence electrons. The highest BCUT2D eigenvalue weighted by Gasteiger charge is 2.58. The Balaban J connectivity index is 0.00000400. The summed E-state index contributed by atoms with van der Waals surface area (Å²) in [5, 5.41) is 24.0. The minimum Gasteiger partial charge on any atom is -0.475 e. The lowest BCUT2D eigenvalue weighted by molar-refractivity contribution is -0.198. The lowest BCUT2D eigenvalue weighted by atomic mass is 10.1. The fourth-order valence-corrected chi connectivity index (χ4v) is 4.20. The van der Waals surface area contributed by atoms with Crippen molar-refractivity contribution in [2.45, 2.75) is 37.7 Å². The second kappa shape index (κ2) is 13.0. The number of carboxylic acids is 1. The molecule has 3 N–H and O–H groups in total. The number of ether oxygens (including phenoxy) is 3. The van der Waals surface area contributed by atoms with E-state index >= 15 is 0 Å². The van der Waals surface area contributed by atoms with E-state index in [1.165, 1.54) is 0 Å². The Morgan fingerprint density at radius 2 is 1.74 bits per heavy atom. The van der Waals surface area contributed by atoms with Gasteiger partial charge in [-0.05, 0) is 54.3 Å². The molecule has 1 aliphatic heterocycles. The maximum atomic E-state index is 12.7. The third-order valence-corrected chi connectivity index (χ3v) is 6.20. The predicted octanol–water partition coefficient (Wildman–Crippen LogP) is 4.35. The lowest BCUT2D eigenvalue weighted by Gasteiger charge is -2.20. The van der Waals surface area contributed by atoms with Crippen molar-refractivity contribution >= 4 is 35.9 Å². The summed E-state index contributed by atoms with van der Waals surface area (Å²) in [4.78, 5) is 24.7. The van der Waals surface area contributed by atoms with E-state index in [0.29, 0.717) is 24.4 Å². The van der Waals surface area contributed by atoms with Crippen LogP contribution in [0.25, 0.3) is 0 Å². The van der Waals surface area contributed by atoms with E-state index in [9.17, 15) is 19.8 Å². The number of hydrogen-bond acceptors (Lipinski definition) is 7. The van der Waals surface area contributed by atoms with Gasteiger partial charge in [-0.25, -0.2) is 9.59 Å². The van der Waals surface area contributed by atoms with Gasteiger partial charge in [-0.1, -0.05) is 60.1 Å².